The fourth-order valence-electron chi connectivity index (χ4n) is 5.89. The monoisotopic (exact) mass is 713 g/mol. The number of thioether (sulfide) groups is 1. The van der Waals surface area contributed by atoms with Gasteiger partial charge in [-0.25, -0.2) is 9.69 Å². The Kier molecular flexibility index (Phi) is 7.02. The second-order valence-electron chi connectivity index (χ2n) is 10.8. The molecule has 4 heterocycles. The van der Waals surface area contributed by atoms with Gasteiger partial charge < -0.3 is 4.74 Å². The Morgan fingerprint density at radius 2 is 1.67 bits per heavy atom. The zero-order valence-electron chi connectivity index (χ0n) is 23.3. The molecule has 7 nitrogen and oxygen atoms in total. The highest BCUT2D eigenvalue weighted by Gasteiger charge is 2.58. The number of benzene rings is 4. The number of nitrogens with zero attached hydrogens (tertiary/aromatic N) is 4. The molecule has 0 saturated carbocycles. The Morgan fingerprint density at radius 3 is 2.40 bits per heavy atom. The fraction of sp³-hybridized carbons (Fsp3) is 0.0882. The minimum absolute atomic E-state index is 0.192. The summed E-state index contributed by atoms with van der Waals surface area (Å²) in [5.74, 6) is -0.688. The molecule has 8 rings (SSSR count). The van der Waals surface area contributed by atoms with Crippen molar-refractivity contribution in [2.75, 3.05) is 0 Å². The first-order valence-electron chi connectivity index (χ1n) is 14.1. The van der Waals surface area contributed by atoms with E-state index >= 15 is 0 Å². The van der Waals surface area contributed by atoms with Crippen molar-refractivity contribution in [1.82, 2.24) is 20.1 Å². The standard InChI is InChI=1S/C34H22BrCl2N5O2S/c35-23-10-15-30-27(17-23)29-18-28(20-6-11-24(36)12-7-20)39-42(29)34(44-30)31(45-33(43)38-34)16-22-19-41(26-4-2-1-3-5-26)40-32(22)21-8-13-25(37)14-9-21/h1-17,19,29H,18H2,(H,38,43)/b31-16-. The maximum atomic E-state index is 13.3. The number of fused-ring (bicyclic) bond motifs is 4. The summed E-state index contributed by atoms with van der Waals surface area (Å²) in [5.41, 5.74) is 6.15. The van der Waals surface area contributed by atoms with E-state index in [4.69, 9.17) is 38.1 Å². The Bertz CT molecular complexity index is 2030. The predicted molar refractivity (Wildman–Crippen MR) is 183 cm³/mol. The molecule has 1 N–H and O–H groups in total. The quantitative estimate of drug-likeness (QED) is 0.201. The van der Waals surface area contributed by atoms with Gasteiger partial charge in [-0.3, -0.25) is 10.1 Å². The van der Waals surface area contributed by atoms with Crippen LogP contribution in [-0.2, 0) is 0 Å². The Morgan fingerprint density at radius 1 is 0.956 bits per heavy atom. The summed E-state index contributed by atoms with van der Waals surface area (Å²) in [6, 6.07) is 30.8. The normalized spacial score (nSPS) is 21.0. The molecule has 1 amide bonds. The number of hydrazone groups is 1. The first-order chi connectivity index (χ1) is 21.9. The molecule has 3 aliphatic rings. The van der Waals surface area contributed by atoms with Crippen LogP contribution < -0.4 is 10.1 Å². The maximum absolute atomic E-state index is 13.3. The summed E-state index contributed by atoms with van der Waals surface area (Å²) in [6.07, 6.45) is 4.54. The van der Waals surface area contributed by atoms with Crippen molar-refractivity contribution in [1.29, 1.82) is 0 Å². The van der Waals surface area contributed by atoms with E-state index in [0.29, 0.717) is 27.1 Å². The zero-order chi connectivity index (χ0) is 30.7. The Hall–Kier alpha value is -4.02. The highest BCUT2D eigenvalue weighted by atomic mass is 79.9. The minimum Gasteiger partial charge on any atom is -0.444 e. The summed E-state index contributed by atoms with van der Waals surface area (Å²) in [4.78, 5) is 13.9. The number of halogens is 3. The average Bonchev–Trinajstić information content (AvgIpc) is 3.76. The SMILES string of the molecule is O=C1NC2(Oc3ccc(Br)cc3C3CC(c4ccc(Cl)cc4)=NN32)/C(=C/c2cn(-c3ccccc3)nc2-c2ccc(Cl)cc2)S1. The highest BCUT2D eigenvalue weighted by Crippen LogP contribution is 2.53. The molecule has 0 bridgehead atoms. The lowest BCUT2D eigenvalue weighted by atomic mass is 9.95. The predicted octanol–water partition coefficient (Wildman–Crippen LogP) is 9.30. The van der Waals surface area contributed by atoms with Crippen LogP contribution in [0.1, 0.15) is 29.2 Å². The van der Waals surface area contributed by atoms with E-state index in [1.807, 2.05) is 113 Å². The van der Waals surface area contributed by atoms with Gasteiger partial charge in [0.25, 0.3) is 5.24 Å². The molecule has 45 heavy (non-hydrogen) atoms. The third kappa shape index (κ3) is 5.04. The number of carbonyl (C=O) groups is 1. The molecule has 2 atom stereocenters. The van der Waals surface area contributed by atoms with Gasteiger partial charge >= 0.3 is 5.85 Å². The van der Waals surface area contributed by atoms with Gasteiger partial charge in [0.05, 0.1) is 28.0 Å². The van der Waals surface area contributed by atoms with Crippen molar-refractivity contribution in [3.05, 3.63) is 139 Å². The molecule has 0 aliphatic carbocycles. The van der Waals surface area contributed by atoms with Crippen LogP contribution in [0.25, 0.3) is 23.0 Å². The molecule has 1 spiro atoms. The molecule has 1 aromatic heterocycles. The summed E-state index contributed by atoms with van der Waals surface area (Å²) < 4.78 is 9.54. The molecular formula is C34H22BrCl2N5O2S. The van der Waals surface area contributed by atoms with Gasteiger partial charge in [0, 0.05) is 43.8 Å². The molecule has 0 radical (unpaired) electrons. The van der Waals surface area contributed by atoms with Crippen molar-refractivity contribution >= 4 is 67.9 Å². The fourth-order valence-corrected chi connectivity index (χ4v) is 7.42. The molecule has 1 saturated heterocycles. The largest absolute Gasteiger partial charge is 0.444 e. The van der Waals surface area contributed by atoms with Gasteiger partial charge in [0.2, 0.25) is 0 Å². The lowest BCUT2D eigenvalue weighted by Crippen LogP contribution is -2.61. The highest BCUT2D eigenvalue weighted by molar-refractivity contribution is 9.10. The van der Waals surface area contributed by atoms with Gasteiger partial charge in [0.1, 0.15) is 5.75 Å². The third-order valence-electron chi connectivity index (χ3n) is 7.97. The van der Waals surface area contributed by atoms with Crippen LogP contribution in [-0.4, -0.2) is 31.6 Å². The van der Waals surface area contributed by atoms with Crippen molar-refractivity contribution in [2.24, 2.45) is 5.10 Å². The summed E-state index contributed by atoms with van der Waals surface area (Å²) >= 11 is 17.1. The van der Waals surface area contributed by atoms with Gasteiger partial charge in [-0.2, -0.15) is 10.2 Å². The van der Waals surface area contributed by atoms with E-state index in [0.717, 1.165) is 55.6 Å². The lowest BCUT2D eigenvalue weighted by Gasteiger charge is -2.45. The average molecular weight is 715 g/mol. The molecule has 2 unspecified atom stereocenters. The second-order valence-corrected chi connectivity index (χ2v) is 13.6. The van der Waals surface area contributed by atoms with Crippen LogP contribution in [0, 0.1) is 0 Å². The van der Waals surface area contributed by atoms with Gasteiger partial charge in [-0.15, -0.1) is 0 Å². The number of rotatable bonds is 4. The Balaban J connectivity index is 1.30. The molecular weight excluding hydrogens is 693 g/mol. The number of para-hydroxylation sites is 1. The van der Waals surface area contributed by atoms with Gasteiger partial charge in [0.15, 0.2) is 0 Å². The number of amides is 1. The van der Waals surface area contributed by atoms with E-state index < -0.39 is 5.85 Å². The van der Waals surface area contributed by atoms with E-state index in [2.05, 4.69) is 27.3 Å². The van der Waals surface area contributed by atoms with E-state index in [-0.39, 0.29) is 11.3 Å². The first kappa shape index (κ1) is 28.5. The van der Waals surface area contributed by atoms with Gasteiger partial charge in [-0.1, -0.05) is 81.6 Å². The number of aromatic nitrogens is 2. The van der Waals surface area contributed by atoms with Gasteiger partial charge in [-0.05, 0) is 78.0 Å². The number of hydrogen-bond acceptors (Lipinski definition) is 6. The number of carbonyl (C=O) groups excluding carboxylic acids is 1. The summed E-state index contributed by atoms with van der Waals surface area (Å²) in [5, 5.41) is 16.1. The number of ether oxygens (including phenoxy) is 1. The molecule has 222 valence electrons. The van der Waals surface area contributed by atoms with E-state index in [1.54, 1.807) is 0 Å². The topological polar surface area (TPSA) is 71.8 Å². The van der Waals surface area contributed by atoms with Crippen molar-refractivity contribution in [3.63, 3.8) is 0 Å². The summed E-state index contributed by atoms with van der Waals surface area (Å²) in [7, 11) is 0. The maximum Gasteiger partial charge on any atom is 0.314 e. The van der Waals surface area contributed by atoms with Crippen LogP contribution in [0.3, 0.4) is 0 Å². The number of nitrogens with one attached hydrogen (secondary N) is 1. The van der Waals surface area contributed by atoms with Crippen LogP contribution in [0.15, 0.2) is 118 Å². The van der Waals surface area contributed by atoms with Crippen molar-refractivity contribution in [3.8, 4) is 22.7 Å². The minimum atomic E-state index is -1.37. The third-order valence-corrected chi connectivity index (χ3v) is 9.87. The second kappa shape index (κ2) is 11.1. The smallest absolute Gasteiger partial charge is 0.314 e. The van der Waals surface area contributed by atoms with Crippen LogP contribution in [0.5, 0.6) is 5.75 Å². The molecule has 3 aliphatic heterocycles. The number of hydrogen-bond donors (Lipinski definition) is 1. The first-order valence-corrected chi connectivity index (χ1v) is 16.5. The molecule has 5 aromatic rings. The van der Waals surface area contributed by atoms with Crippen LogP contribution >= 0.6 is 50.9 Å². The lowest BCUT2D eigenvalue weighted by molar-refractivity contribution is -0.0949. The summed E-state index contributed by atoms with van der Waals surface area (Å²) in [6.45, 7) is 0. The van der Waals surface area contributed by atoms with Crippen LogP contribution in [0.4, 0.5) is 4.79 Å². The van der Waals surface area contributed by atoms with E-state index in [9.17, 15) is 4.79 Å². The van der Waals surface area contributed by atoms with E-state index in [1.165, 1.54) is 0 Å². The molecule has 4 aromatic carbocycles. The van der Waals surface area contributed by atoms with Crippen molar-refractivity contribution in [2.45, 2.75) is 18.3 Å². The van der Waals surface area contributed by atoms with Crippen molar-refractivity contribution < 1.29 is 9.53 Å². The zero-order valence-corrected chi connectivity index (χ0v) is 27.2. The Labute approximate surface area is 281 Å². The molecule has 11 heteroatoms. The molecule has 1 fully saturated rings. The van der Waals surface area contributed by atoms with Crippen LogP contribution in [0.2, 0.25) is 10.0 Å².